The predicted molar refractivity (Wildman–Crippen MR) is 78.3 cm³/mol. The zero-order chi connectivity index (χ0) is 15.7. The Morgan fingerprint density at radius 3 is 2.43 bits per heavy atom. The molecule has 0 spiro atoms. The molecule has 1 amide bonds. The van der Waals surface area contributed by atoms with Gasteiger partial charge in [-0.25, -0.2) is 4.39 Å². The summed E-state index contributed by atoms with van der Waals surface area (Å²) >= 11 is 0. The molecule has 2 rings (SSSR count). The second kappa shape index (κ2) is 5.99. The van der Waals surface area contributed by atoms with Crippen molar-refractivity contribution in [1.82, 2.24) is 15.8 Å². The Morgan fingerprint density at radius 1 is 1.33 bits per heavy atom. The van der Waals surface area contributed by atoms with Crippen molar-refractivity contribution < 1.29 is 14.3 Å². The van der Waals surface area contributed by atoms with Gasteiger partial charge < -0.3 is 10.0 Å². The van der Waals surface area contributed by atoms with Gasteiger partial charge >= 0.3 is 0 Å². The van der Waals surface area contributed by atoms with Crippen molar-refractivity contribution in [3.63, 3.8) is 0 Å². The lowest BCUT2D eigenvalue weighted by Gasteiger charge is -2.33. The van der Waals surface area contributed by atoms with E-state index in [0.717, 1.165) is 6.07 Å². The Kier molecular flexibility index (Phi) is 4.49. The van der Waals surface area contributed by atoms with Gasteiger partial charge in [-0.3, -0.25) is 15.6 Å². The van der Waals surface area contributed by atoms with Gasteiger partial charge in [0.1, 0.15) is 0 Å². The predicted octanol–water partition coefficient (Wildman–Crippen LogP) is 1.49. The van der Waals surface area contributed by atoms with E-state index in [0.29, 0.717) is 0 Å². The van der Waals surface area contributed by atoms with Gasteiger partial charge in [0.25, 0.3) is 5.91 Å². The second-order valence-electron chi connectivity index (χ2n) is 5.77. The quantitative estimate of drug-likeness (QED) is 0.790. The molecule has 1 saturated heterocycles. The minimum absolute atomic E-state index is 0.00260. The number of carbonyl (C=O) groups excluding carboxylic acids is 1. The van der Waals surface area contributed by atoms with E-state index in [1.807, 2.05) is 6.92 Å². The second-order valence-corrected chi connectivity index (χ2v) is 5.77. The highest BCUT2D eigenvalue weighted by Crippen LogP contribution is 2.24. The third kappa shape index (κ3) is 3.01. The fourth-order valence-electron chi connectivity index (χ4n) is 3.02. The molecule has 1 fully saturated rings. The van der Waals surface area contributed by atoms with Crippen LogP contribution in [0.2, 0.25) is 0 Å². The highest BCUT2D eigenvalue weighted by atomic mass is 19.1. The summed E-state index contributed by atoms with van der Waals surface area (Å²) in [6.07, 6.45) is 0. The molecule has 0 aromatic heterocycles. The van der Waals surface area contributed by atoms with Crippen LogP contribution in [-0.4, -0.2) is 41.1 Å². The first-order valence-electron chi connectivity index (χ1n) is 7.09. The van der Waals surface area contributed by atoms with Crippen LogP contribution >= 0.6 is 0 Å². The van der Waals surface area contributed by atoms with Crippen molar-refractivity contribution in [1.29, 1.82) is 0 Å². The zero-order valence-electron chi connectivity index (χ0n) is 12.7. The summed E-state index contributed by atoms with van der Waals surface area (Å²) in [7, 11) is 1.73. The molecule has 116 valence electrons. The summed E-state index contributed by atoms with van der Waals surface area (Å²) in [5.74, 6) is -1.21. The summed E-state index contributed by atoms with van der Waals surface area (Å²) < 4.78 is 13.1. The van der Waals surface area contributed by atoms with Crippen molar-refractivity contribution in [3.8, 4) is 5.75 Å². The van der Waals surface area contributed by atoms with Crippen LogP contribution in [0.5, 0.6) is 5.75 Å². The summed E-state index contributed by atoms with van der Waals surface area (Å²) in [6.45, 7) is 6.13. The standard InChI is InChI=1S/C15H22FN3O2/c1-8-14(9(2)18-17-8)10(3)19(4)15(21)11-5-6-12(16)13(20)7-11/h5-10,14,17-18,20H,1-4H3. The van der Waals surface area contributed by atoms with Crippen molar-refractivity contribution in [2.45, 2.75) is 38.9 Å². The minimum atomic E-state index is -0.728. The fourth-order valence-corrected chi connectivity index (χ4v) is 3.02. The number of phenols is 1. The van der Waals surface area contributed by atoms with Gasteiger partial charge in [0, 0.05) is 36.7 Å². The van der Waals surface area contributed by atoms with Gasteiger partial charge in [0.05, 0.1) is 0 Å². The molecule has 1 heterocycles. The van der Waals surface area contributed by atoms with E-state index in [-0.39, 0.29) is 35.5 Å². The highest BCUT2D eigenvalue weighted by molar-refractivity contribution is 5.94. The topological polar surface area (TPSA) is 64.6 Å². The molecular formula is C15H22FN3O2. The molecule has 0 aliphatic carbocycles. The number of benzene rings is 1. The number of halogens is 1. The fraction of sp³-hybridized carbons (Fsp3) is 0.533. The van der Waals surface area contributed by atoms with Gasteiger partial charge in [-0.05, 0) is 39.0 Å². The van der Waals surface area contributed by atoms with Gasteiger partial charge in [0.2, 0.25) is 0 Å². The first-order chi connectivity index (χ1) is 9.82. The molecule has 0 bridgehead atoms. The average Bonchev–Trinajstić information content (AvgIpc) is 2.79. The molecule has 3 unspecified atom stereocenters. The number of hydrogen-bond acceptors (Lipinski definition) is 4. The molecule has 0 saturated carbocycles. The molecule has 21 heavy (non-hydrogen) atoms. The van der Waals surface area contributed by atoms with Crippen LogP contribution in [0.3, 0.4) is 0 Å². The number of hydrogen-bond donors (Lipinski definition) is 3. The van der Waals surface area contributed by atoms with Crippen LogP contribution in [-0.2, 0) is 0 Å². The normalized spacial score (nSPS) is 26.6. The maximum absolute atomic E-state index is 13.1. The molecule has 1 aliphatic heterocycles. The van der Waals surface area contributed by atoms with E-state index in [1.165, 1.54) is 12.1 Å². The van der Waals surface area contributed by atoms with E-state index in [4.69, 9.17) is 0 Å². The summed E-state index contributed by atoms with van der Waals surface area (Å²) in [6, 6.07) is 4.14. The van der Waals surface area contributed by atoms with Crippen LogP contribution < -0.4 is 10.9 Å². The zero-order valence-corrected chi connectivity index (χ0v) is 12.7. The maximum atomic E-state index is 13.1. The summed E-state index contributed by atoms with van der Waals surface area (Å²) in [5, 5.41) is 9.40. The lowest BCUT2D eigenvalue weighted by atomic mass is 9.88. The smallest absolute Gasteiger partial charge is 0.253 e. The maximum Gasteiger partial charge on any atom is 0.253 e. The number of amides is 1. The van der Waals surface area contributed by atoms with Gasteiger partial charge in [-0.1, -0.05) is 0 Å². The van der Waals surface area contributed by atoms with E-state index >= 15 is 0 Å². The third-order valence-electron chi connectivity index (χ3n) is 4.37. The average molecular weight is 295 g/mol. The Morgan fingerprint density at radius 2 is 1.90 bits per heavy atom. The number of aromatic hydroxyl groups is 1. The van der Waals surface area contributed by atoms with E-state index in [2.05, 4.69) is 24.7 Å². The summed E-state index contributed by atoms with van der Waals surface area (Å²) in [5.41, 5.74) is 6.63. The molecule has 1 aliphatic rings. The van der Waals surface area contributed by atoms with Gasteiger partial charge in [-0.2, -0.15) is 0 Å². The van der Waals surface area contributed by atoms with Crippen LogP contribution in [0.15, 0.2) is 18.2 Å². The van der Waals surface area contributed by atoms with Gasteiger partial charge in [0.15, 0.2) is 11.6 Å². The van der Waals surface area contributed by atoms with Crippen molar-refractivity contribution in [2.75, 3.05) is 7.05 Å². The van der Waals surface area contributed by atoms with Crippen molar-refractivity contribution in [2.24, 2.45) is 5.92 Å². The van der Waals surface area contributed by atoms with E-state index in [9.17, 15) is 14.3 Å². The van der Waals surface area contributed by atoms with Crippen molar-refractivity contribution >= 4 is 5.91 Å². The number of hydrazine groups is 1. The van der Waals surface area contributed by atoms with Crippen LogP contribution in [0, 0.1) is 11.7 Å². The minimum Gasteiger partial charge on any atom is -0.505 e. The number of rotatable bonds is 3. The number of phenolic OH excluding ortho intramolecular Hbond substituents is 1. The SMILES string of the molecule is CC1NNC(C)C1C(C)N(C)C(=O)c1ccc(F)c(O)c1. The Bertz CT molecular complexity index is 528. The molecule has 6 heteroatoms. The Labute approximate surface area is 124 Å². The molecule has 0 radical (unpaired) electrons. The summed E-state index contributed by atoms with van der Waals surface area (Å²) in [4.78, 5) is 14.1. The first kappa shape index (κ1) is 15.7. The van der Waals surface area contributed by atoms with Crippen LogP contribution in [0.25, 0.3) is 0 Å². The molecule has 3 atom stereocenters. The molecule has 3 N–H and O–H groups in total. The lowest BCUT2D eigenvalue weighted by Crippen LogP contribution is -2.46. The van der Waals surface area contributed by atoms with E-state index in [1.54, 1.807) is 11.9 Å². The van der Waals surface area contributed by atoms with Gasteiger partial charge in [-0.15, -0.1) is 0 Å². The number of carbonyl (C=O) groups is 1. The third-order valence-corrected chi connectivity index (χ3v) is 4.37. The lowest BCUT2D eigenvalue weighted by molar-refractivity contribution is 0.0678. The van der Waals surface area contributed by atoms with Crippen LogP contribution in [0.4, 0.5) is 4.39 Å². The number of nitrogens with zero attached hydrogens (tertiary/aromatic N) is 1. The molecule has 5 nitrogen and oxygen atoms in total. The van der Waals surface area contributed by atoms with Crippen LogP contribution in [0.1, 0.15) is 31.1 Å². The first-order valence-corrected chi connectivity index (χ1v) is 7.09. The van der Waals surface area contributed by atoms with E-state index < -0.39 is 11.6 Å². The Hall–Kier alpha value is -1.66. The monoisotopic (exact) mass is 295 g/mol. The molecule has 1 aromatic rings. The molecule has 1 aromatic carbocycles. The molecular weight excluding hydrogens is 273 g/mol. The number of nitrogens with one attached hydrogen (secondary N) is 2. The highest BCUT2D eigenvalue weighted by Gasteiger charge is 2.37. The largest absolute Gasteiger partial charge is 0.505 e. The van der Waals surface area contributed by atoms with Crippen molar-refractivity contribution in [3.05, 3.63) is 29.6 Å². The Balaban J connectivity index is 2.16.